The summed E-state index contributed by atoms with van der Waals surface area (Å²) in [6, 6.07) is 12.8. The zero-order chi connectivity index (χ0) is 26.0. The van der Waals surface area contributed by atoms with Crippen molar-refractivity contribution < 1.29 is 23.9 Å². The number of nitrogens with one attached hydrogen (secondary N) is 1. The Kier molecular flexibility index (Phi) is 8.04. The van der Waals surface area contributed by atoms with E-state index < -0.39 is 35.2 Å². The molecule has 1 aliphatic rings. The predicted octanol–water partition coefficient (Wildman–Crippen LogP) is 5.01. The van der Waals surface area contributed by atoms with E-state index in [-0.39, 0.29) is 11.2 Å². The van der Waals surface area contributed by atoms with Crippen molar-refractivity contribution in [3.05, 3.63) is 42.5 Å². The molecule has 2 amide bonds. The average Bonchev–Trinajstić information content (AvgIpc) is 3.18. The van der Waals surface area contributed by atoms with Crippen molar-refractivity contribution in [1.82, 2.24) is 10.2 Å². The Bertz CT molecular complexity index is 1090. The van der Waals surface area contributed by atoms with Gasteiger partial charge in [-0.25, -0.2) is 9.59 Å². The highest BCUT2D eigenvalue weighted by Crippen LogP contribution is 2.36. The average molecular weight is 501 g/mol. The van der Waals surface area contributed by atoms with Gasteiger partial charge in [0, 0.05) is 16.7 Å². The molecule has 3 unspecified atom stereocenters. The first kappa shape index (κ1) is 26.9. The van der Waals surface area contributed by atoms with Crippen molar-refractivity contribution in [2.24, 2.45) is 5.41 Å². The van der Waals surface area contributed by atoms with Crippen molar-refractivity contribution in [2.75, 3.05) is 13.7 Å². The van der Waals surface area contributed by atoms with Crippen LogP contribution >= 0.6 is 11.8 Å². The van der Waals surface area contributed by atoms with Gasteiger partial charge in [0.1, 0.15) is 17.7 Å². The molecular formula is C27H36N2O5S. The van der Waals surface area contributed by atoms with Crippen LogP contribution in [0.1, 0.15) is 48.0 Å². The molecule has 0 aliphatic carbocycles. The van der Waals surface area contributed by atoms with E-state index in [0.29, 0.717) is 13.0 Å². The SMILES string of the molecule is COC(=O)C1CC(Sc2ccc3ccccc3c2)CN1C(=O)C(NC(=O)OC(C)(C)C)C(C)(C)C. The number of carbonyl (C=O) groups is 3. The number of likely N-dealkylation sites (tertiary alicyclic amines) is 1. The van der Waals surface area contributed by atoms with Crippen LogP contribution in [-0.4, -0.2) is 59.5 Å². The molecule has 2 aromatic rings. The van der Waals surface area contributed by atoms with E-state index in [1.165, 1.54) is 7.11 Å². The Morgan fingerprint density at radius 2 is 1.69 bits per heavy atom. The maximum absolute atomic E-state index is 13.7. The second-order valence-corrected chi connectivity index (χ2v) is 12.3. The predicted molar refractivity (Wildman–Crippen MR) is 138 cm³/mol. The minimum atomic E-state index is -0.867. The molecule has 1 aliphatic heterocycles. The number of carbonyl (C=O) groups excluding carboxylic acids is 3. The Hall–Kier alpha value is -2.74. The van der Waals surface area contributed by atoms with E-state index in [2.05, 4.69) is 35.6 Å². The minimum absolute atomic E-state index is 0.00589. The first-order valence-electron chi connectivity index (χ1n) is 11.8. The lowest BCUT2D eigenvalue weighted by Crippen LogP contribution is -2.57. The lowest BCUT2D eigenvalue weighted by molar-refractivity contribution is -0.152. The molecule has 0 aromatic heterocycles. The molecule has 0 radical (unpaired) electrons. The Labute approximate surface area is 211 Å². The van der Waals surface area contributed by atoms with Gasteiger partial charge in [0.25, 0.3) is 0 Å². The molecule has 190 valence electrons. The van der Waals surface area contributed by atoms with E-state index in [9.17, 15) is 14.4 Å². The van der Waals surface area contributed by atoms with Gasteiger partial charge in [0.2, 0.25) is 5.91 Å². The summed E-state index contributed by atoms with van der Waals surface area (Å²) in [6.07, 6.45) is -0.194. The van der Waals surface area contributed by atoms with Crippen LogP contribution in [-0.2, 0) is 19.1 Å². The van der Waals surface area contributed by atoms with Crippen molar-refractivity contribution in [3.63, 3.8) is 0 Å². The maximum Gasteiger partial charge on any atom is 0.408 e. The van der Waals surface area contributed by atoms with Crippen molar-refractivity contribution in [3.8, 4) is 0 Å². The first-order chi connectivity index (χ1) is 16.3. The molecule has 0 spiro atoms. The molecule has 1 heterocycles. The Balaban J connectivity index is 1.81. The van der Waals surface area contributed by atoms with Gasteiger partial charge >= 0.3 is 12.1 Å². The molecule has 8 heteroatoms. The van der Waals surface area contributed by atoms with Crippen LogP contribution in [0.5, 0.6) is 0 Å². The fraction of sp³-hybridized carbons (Fsp3) is 0.519. The zero-order valence-corrected chi connectivity index (χ0v) is 22.4. The first-order valence-corrected chi connectivity index (χ1v) is 12.7. The summed E-state index contributed by atoms with van der Waals surface area (Å²) in [5, 5.41) is 5.05. The monoisotopic (exact) mass is 500 g/mol. The summed E-state index contributed by atoms with van der Waals surface area (Å²) in [4.78, 5) is 41.5. The van der Waals surface area contributed by atoms with Crippen LogP contribution in [0.2, 0.25) is 0 Å². The second kappa shape index (κ2) is 10.5. The van der Waals surface area contributed by atoms with E-state index in [4.69, 9.17) is 9.47 Å². The number of rotatable bonds is 5. The topological polar surface area (TPSA) is 84.9 Å². The van der Waals surface area contributed by atoms with E-state index in [1.54, 1.807) is 37.4 Å². The Morgan fingerprint density at radius 3 is 2.29 bits per heavy atom. The summed E-state index contributed by atoms with van der Waals surface area (Å²) in [7, 11) is 1.33. The quantitative estimate of drug-likeness (QED) is 0.581. The molecule has 0 bridgehead atoms. The van der Waals surface area contributed by atoms with Gasteiger partial charge in [0.05, 0.1) is 7.11 Å². The lowest BCUT2D eigenvalue weighted by atomic mass is 9.85. The Morgan fingerprint density at radius 1 is 1.03 bits per heavy atom. The van der Waals surface area contributed by atoms with Crippen molar-refractivity contribution >= 4 is 40.5 Å². The molecule has 0 saturated carbocycles. The largest absolute Gasteiger partial charge is 0.467 e. The van der Waals surface area contributed by atoms with Crippen LogP contribution in [0.3, 0.4) is 0 Å². The summed E-state index contributed by atoms with van der Waals surface area (Å²) >= 11 is 1.65. The van der Waals surface area contributed by atoms with Crippen molar-refractivity contribution in [2.45, 2.75) is 75.8 Å². The van der Waals surface area contributed by atoms with Gasteiger partial charge in [-0.05, 0) is 55.5 Å². The highest BCUT2D eigenvalue weighted by atomic mass is 32.2. The van der Waals surface area contributed by atoms with Gasteiger partial charge in [0.15, 0.2) is 0 Å². The third kappa shape index (κ3) is 6.90. The standard InChI is InChI=1S/C27H36N2O5S/c1-26(2,3)22(28-25(32)34-27(4,5)6)23(30)29-16-20(15-21(29)24(31)33-7)35-19-13-12-17-10-8-9-11-18(17)14-19/h8-14,20-22H,15-16H2,1-7H3,(H,28,32). The van der Waals surface area contributed by atoms with E-state index in [0.717, 1.165) is 15.7 Å². The molecule has 1 N–H and O–H groups in total. The number of benzene rings is 2. The molecule has 3 atom stereocenters. The number of fused-ring (bicyclic) bond motifs is 1. The second-order valence-electron chi connectivity index (χ2n) is 11.0. The summed E-state index contributed by atoms with van der Waals surface area (Å²) < 4.78 is 10.4. The van der Waals surface area contributed by atoms with Gasteiger partial charge in [-0.1, -0.05) is 51.1 Å². The number of amides is 2. The number of hydrogen-bond acceptors (Lipinski definition) is 6. The van der Waals surface area contributed by atoms with Crippen LogP contribution in [0.4, 0.5) is 4.79 Å². The minimum Gasteiger partial charge on any atom is -0.467 e. The lowest BCUT2D eigenvalue weighted by Gasteiger charge is -2.35. The molecule has 3 rings (SSSR count). The van der Waals surface area contributed by atoms with Crippen LogP contribution in [0.25, 0.3) is 10.8 Å². The summed E-state index contributed by atoms with van der Waals surface area (Å²) in [6.45, 7) is 11.3. The van der Waals surface area contributed by atoms with Gasteiger partial charge in [-0.3, -0.25) is 4.79 Å². The number of thioether (sulfide) groups is 1. The molecule has 1 fully saturated rings. The molecule has 35 heavy (non-hydrogen) atoms. The fourth-order valence-corrected chi connectivity index (χ4v) is 5.40. The molecule has 2 aromatic carbocycles. The smallest absolute Gasteiger partial charge is 0.408 e. The number of hydrogen-bond donors (Lipinski definition) is 1. The van der Waals surface area contributed by atoms with Crippen molar-refractivity contribution in [1.29, 1.82) is 0 Å². The number of methoxy groups -OCH3 is 1. The third-order valence-corrected chi connectivity index (χ3v) is 7.02. The molecule has 1 saturated heterocycles. The third-order valence-electron chi connectivity index (χ3n) is 5.82. The highest BCUT2D eigenvalue weighted by Gasteiger charge is 2.46. The molecule has 7 nitrogen and oxygen atoms in total. The molecular weight excluding hydrogens is 464 g/mol. The number of ether oxygens (including phenoxy) is 2. The number of esters is 1. The van der Waals surface area contributed by atoms with Gasteiger partial charge in [-0.2, -0.15) is 0 Å². The van der Waals surface area contributed by atoms with Crippen LogP contribution in [0, 0.1) is 5.41 Å². The number of alkyl carbamates (subject to hydrolysis) is 1. The van der Waals surface area contributed by atoms with Gasteiger partial charge < -0.3 is 19.7 Å². The van der Waals surface area contributed by atoms with Crippen LogP contribution < -0.4 is 5.32 Å². The fourth-order valence-electron chi connectivity index (χ4n) is 4.16. The summed E-state index contributed by atoms with van der Waals surface area (Å²) in [5.74, 6) is -0.773. The van der Waals surface area contributed by atoms with E-state index >= 15 is 0 Å². The zero-order valence-electron chi connectivity index (χ0n) is 21.6. The summed E-state index contributed by atoms with van der Waals surface area (Å²) in [5.41, 5.74) is -1.29. The number of nitrogens with zero attached hydrogens (tertiary/aromatic N) is 1. The van der Waals surface area contributed by atoms with Gasteiger partial charge in [-0.15, -0.1) is 11.8 Å². The normalized spacial score (nSPS) is 19.3. The highest BCUT2D eigenvalue weighted by molar-refractivity contribution is 8.00. The maximum atomic E-state index is 13.7. The van der Waals surface area contributed by atoms with Crippen LogP contribution in [0.15, 0.2) is 47.4 Å². The van der Waals surface area contributed by atoms with E-state index in [1.807, 2.05) is 32.9 Å².